The van der Waals surface area contributed by atoms with E-state index in [9.17, 15) is 18.0 Å². The molecule has 0 bridgehead atoms. The molecule has 3 nitrogen and oxygen atoms in total. The number of H-pyrrole nitrogens is 1. The summed E-state index contributed by atoms with van der Waals surface area (Å²) in [6.45, 7) is 1.41. The van der Waals surface area contributed by atoms with Gasteiger partial charge in [-0.2, -0.15) is 4.98 Å². The molecule has 6 heteroatoms. The van der Waals surface area contributed by atoms with Gasteiger partial charge in [-0.05, 0) is 18.6 Å². The van der Waals surface area contributed by atoms with Gasteiger partial charge in [0.25, 0.3) is 0 Å². The average molecular weight is 240 g/mol. The van der Waals surface area contributed by atoms with Crippen molar-refractivity contribution in [1.82, 2.24) is 9.97 Å². The Morgan fingerprint density at radius 1 is 1.18 bits per heavy atom. The van der Waals surface area contributed by atoms with Crippen LogP contribution in [0.3, 0.4) is 0 Å². The molecule has 17 heavy (non-hydrogen) atoms. The second-order valence-corrected chi connectivity index (χ2v) is 3.46. The smallest absolute Gasteiger partial charge is 0.303 e. The van der Waals surface area contributed by atoms with Crippen LogP contribution in [-0.4, -0.2) is 9.97 Å². The van der Waals surface area contributed by atoms with Crippen molar-refractivity contribution in [2.75, 3.05) is 0 Å². The van der Waals surface area contributed by atoms with Gasteiger partial charge < -0.3 is 4.98 Å². The minimum Gasteiger partial charge on any atom is -0.303 e. The van der Waals surface area contributed by atoms with Gasteiger partial charge >= 0.3 is 5.69 Å². The van der Waals surface area contributed by atoms with Gasteiger partial charge in [-0.1, -0.05) is 6.07 Å². The summed E-state index contributed by atoms with van der Waals surface area (Å²) < 4.78 is 40.6. The van der Waals surface area contributed by atoms with Crippen molar-refractivity contribution in [3.05, 3.63) is 51.8 Å². The normalized spacial score (nSPS) is 10.6. The molecular formula is C11H7F3N2O. The van der Waals surface area contributed by atoms with Crippen molar-refractivity contribution in [1.29, 1.82) is 0 Å². The van der Waals surface area contributed by atoms with Crippen molar-refractivity contribution in [3.63, 3.8) is 0 Å². The van der Waals surface area contributed by atoms with Gasteiger partial charge in [-0.25, -0.2) is 18.0 Å². The van der Waals surface area contributed by atoms with Crippen LogP contribution in [0.1, 0.15) is 5.56 Å². The van der Waals surface area contributed by atoms with E-state index < -0.39 is 34.4 Å². The zero-order chi connectivity index (χ0) is 12.6. The summed E-state index contributed by atoms with van der Waals surface area (Å²) in [5.74, 6) is -2.85. The fraction of sp³-hybridized carbons (Fsp3) is 0.0909. The first-order chi connectivity index (χ1) is 8.00. The Hall–Kier alpha value is -2.11. The Morgan fingerprint density at radius 3 is 2.59 bits per heavy atom. The van der Waals surface area contributed by atoms with Crippen molar-refractivity contribution in [2.45, 2.75) is 6.92 Å². The number of nitrogens with one attached hydrogen (secondary N) is 1. The van der Waals surface area contributed by atoms with Crippen LogP contribution in [-0.2, 0) is 0 Å². The molecule has 0 unspecified atom stereocenters. The van der Waals surface area contributed by atoms with Gasteiger partial charge in [0.2, 0.25) is 0 Å². The highest BCUT2D eigenvalue weighted by Gasteiger charge is 2.18. The minimum absolute atomic E-state index is 0.151. The summed E-state index contributed by atoms with van der Waals surface area (Å²) in [4.78, 5) is 16.0. The molecule has 0 aliphatic heterocycles. The van der Waals surface area contributed by atoms with E-state index >= 15 is 0 Å². The summed E-state index contributed by atoms with van der Waals surface area (Å²) in [6, 6.07) is 2.23. The molecule has 0 atom stereocenters. The van der Waals surface area contributed by atoms with Gasteiger partial charge in [-0.15, -0.1) is 0 Å². The van der Waals surface area contributed by atoms with Crippen LogP contribution in [0.4, 0.5) is 13.2 Å². The predicted molar refractivity (Wildman–Crippen MR) is 54.9 cm³/mol. The van der Waals surface area contributed by atoms with E-state index in [4.69, 9.17) is 0 Å². The molecule has 0 saturated heterocycles. The van der Waals surface area contributed by atoms with E-state index in [-0.39, 0.29) is 5.56 Å². The number of benzene rings is 1. The van der Waals surface area contributed by atoms with E-state index in [1.54, 1.807) is 0 Å². The highest BCUT2D eigenvalue weighted by Crippen LogP contribution is 2.27. The van der Waals surface area contributed by atoms with E-state index in [1.165, 1.54) is 13.0 Å². The summed E-state index contributed by atoms with van der Waals surface area (Å²) in [6.07, 6.45) is 0.620. The molecule has 0 aliphatic rings. The molecule has 2 rings (SSSR count). The van der Waals surface area contributed by atoms with Crippen molar-refractivity contribution in [3.8, 4) is 11.3 Å². The van der Waals surface area contributed by atoms with Crippen LogP contribution in [0.15, 0.2) is 23.1 Å². The van der Waals surface area contributed by atoms with Gasteiger partial charge in [0.15, 0.2) is 5.82 Å². The lowest BCUT2D eigenvalue weighted by Crippen LogP contribution is -2.13. The number of aromatic amines is 1. The first-order valence-electron chi connectivity index (χ1n) is 4.70. The maximum absolute atomic E-state index is 13.7. The quantitative estimate of drug-likeness (QED) is 0.830. The largest absolute Gasteiger partial charge is 0.345 e. The van der Waals surface area contributed by atoms with Crippen molar-refractivity contribution >= 4 is 0 Å². The zero-order valence-electron chi connectivity index (χ0n) is 8.72. The lowest BCUT2D eigenvalue weighted by Gasteiger charge is -2.07. The monoisotopic (exact) mass is 240 g/mol. The Kier molecular flexibility index (Phi) is 2.71. The van der Waals surface area contributed by atoms with E-state index in [0.717, 1.165) is 6.07 Å². The van der Waals surface area contributed by atoms with Crippen molar-refractivity contribution in [2.24, 2.45) is 0 Å². The number of aryl methyl sites for hydroxylation is 1. The second-order valence-electron chi connectivity index (χ2n) is 3.46. The fourth-order valence-corrected chi connectivity index (χ4v) is 1.45. The Balaban J connectivity index is 2.81. The molecule has 1 N–H and O–H groups in total. The Labute approximate surface area is 94.0 Å². The SMILES string of the molecule is Cc1ccc(F)c(-c2[nH]c(=O)ncc2F)c1F. The molecule has 0 radical (unpaired) electrons. The topological polar surface area (TPSA) is 45.8 Å². The number of hydrogen-bond donors (Lipinski definition) is 1. The summed E-state index contributed by atoms with van der Waals surface area (Å²) >= 11 is 0. The summed E-state index contributed by atoms with van der Waals surface area (Å²) in [7, 11) is 0. The third-order valence-corrected chi connectivity index (χ3v) is 2.30. The summed E-state index contributed by atoms with van der Waals surface area (Å²) in [5, 5.41) is 0. The maximum atomic E-state index is 13.7. The molecular weight excluding hydrogens is 233 g/mol. The molecule has 0 spiro atoms. The van der Waals surface area contributed by atoms with E-state index in [2.05, 4.69) is 4.98 Å². The lowest BCUT2D eigenvalue weighted by molar-refractivity contribution is 0.571. The highest BCUT2D eigenvalue weighted by atomic mass is 19.1. The molecule has 0 amide bonds. The van der Waals surface area contributed by atoms with Gasteiger partial charge in [0, 0.05) is 0 Å². The van der Waals surface area contributed by atoms with E-state index in [1.807, 2.05) is 4.98 Å². The lowest BCUT2D eigenvalue weighted by atomic mass is 10.1. The van der Waals surface area contributed by atoms with Crippen LogP contribution in [0, 0.1) is 24.4 Å². The average Bonchev–Trinajstić information content (AvgIpc) is 2.29. The second kappa shape index (κ2) is 4.04. The zero-order valence-corrected chi connectivity index (χ0v) is 8.72. The maximum Gasteiger partial charge on any atom is 0.345 e. The number of aromatic nitrogens is 2. The number of hydrogen-bond acceptors (Lipinski definition) is 2. The number of nitrogens with zero attached hydrogens (tertiary/aromatic N) is 1. The molecule has 0 aliphatic carbocycles. The Bertz CT molecular complexity index is 637. The molecule has 1 aromatic heterocycles. The first-order valence-corrected chi connectivity index (χ1v) is 4.70. The molecule has 1 heterocycles. The molecule has 88 valence electrons. The third-order valence-electron chi connectivity index (χ3n) is 2.30. The molecule has 0 saturated carbocycles. The third kappa shape index (κ3) is 1.93. The molecule has 2 aromatic rings. The van der Waals surface area contributed by atoms with Crippen LogP contribution < -0.4 is 5.69 Å². The van der Waals surface area contributed by atoms with Gasteiger partial charge in [0.1, 0.15) is 11.6 Å². The van der Waals surface area contributed by atoms with Crippen LogP contribution in [0.25, 0.3) is 11.3 Å². The first kappa shape index (κ1) is 11.4. The van der Waals surface area contributed by atoms with E-state index in [0.29, 0.717) is 6.20 Å². The van der Waals surface area contributed by atoms with Crippen LogP contribution in [0.2, 0.25) is 0 Å². The Morgan fingerprint density at radius 2 is 1.88 bits per heavy atom. The molecule has 0 fully saturated rings. The van der Waals surface area contributed by atoms with Crippen LogP contribution >= 0.6 is 0 Å². The van der Waals surface area contributed by atoms with Crippen LogP contribution in [0.5, 0.6) is 0 Å². The summed E-state index contributed by atoms with van der Waals surface area (Å²) in [5.41, 5.74) is -1.86. The van der Waals surface area contributed by atoms with Gasteiger partial charge in [-0.3, -0.25) is 0 Å². The van der Waals surface area contributed by atoms with Gasteiger partial charge in [0.05, 0.1) is 17.5 Å². The molecule has 1 aromatic carbocycles. The minimum atomic E-state index is -0.993. The number of halogens is 3. The highest BCUT2D eigenvalue weighted by molar-refractivity contribution is 5.62. The standard InChI is InChI=1S/C11H7F3N2O/c1-5-2-3-6(12)8(9(5)14)10-7(13)4-15-11(17)16-10/h2-4H,1H3,(H,15,16,17). The fourth-order valence-electron chi connectivity index (χ4n) is 1.45. The number of rotatable bonds is 1. The predicted octanol–water partition coefficient (Wildman–Crippen LogP) is 2.16. The van der Waals surface area contributed by atoms with Crippen molar-refractivity contribution < 1.29 is 13.2 Å².